The number of carbonyl (C=O) groups is 1. The molecule has 0 unspecified atom stereocenters. The highest BCUT2D eigenvalue weighted by molar-refractivity contribution is 7.90. The van der Waals surface area contributed by atoms with Gasteiger partial charge in [-0.1, -0.05) is 0 Å². The fourth-order valence-electron chi connectivity index (χ4n) is 0.989. The number of nitrogens with zero attached hydrogens (tertiary/aromatic N) is 1. The molecular formula is C9H18ClNO3S. The van der Waals surface area contributed by atoms with Gasteiger partial charge in [0.05, 0.1) is 5.75 Å². The van der Waals surface area contributed by atoms with Crippen molar-refractivity contribution in [2.24, 2.45) is 0 Å². The minimum atomic E-state index is -2.99. The van der Waals surface area contributed by atoms with Gasteiger partial charge in [-0.25, -0.2) is 8.42 Å². The fraction of sp³-hybridized carbons (Fsp3) is 0.889. The number of alkyl halides is 1. The molecule has 0 aliphatic rings. The van der Waals surface area contributed by atoms with E-state index in [2.05, 4.69) is 0 Å². The van der Waals surface area contributed by atoms with Crippen LogP contribution in [-0.4, -0.2) is 50.7 Å². The van der Waals surface area contributed by atoms with Gasteiger partial charge in [-0.3, -0.25) is 4.79 Å². The van der Waals surface area contributed by atoms with E-state index in [0.717, 1.165) is 12.8 Å². The Morgan fingerprint density at radius 2 is 1.93 bits per heavy atom. The summed E-state index contributed by atoms with van der Waals surface area (Å²) in [5, 5.41) is 0. The van der Waals surface area contributed by atoms with Crippen molar-refractivity contribution in [3.63, 3.8) is 0 Å². The Morgan fingerprint density at radius 1 is 1.33 bits per heavy atom. The number of sulfone groups is 1. The molecule has 0 atom stereocenters. The summed E-state index contributed by atoms with van der Waals surface area (Å²) in [4.78, 5) is 12.9. The van der Waals surface area contributed by atoms with Crippen molar-refractivity contribution in [1.82, 2.24) is 4.90 Å². The van der Waals surface area contributed by atoms with Gasteiger partial charge in [0, 0.05) is 32.1 Å². The van der Waals surface area contributed by atoms with Crippen molar-refractivity contribution < 1.29 is 13.2 Å². The van der Waals surface area contributed by atoms with Gasteiger partial charge in [-0.2, -0.15) is 0 Å². The van der Waals surface area contributed by atoms with Crippen LogP contribution in [0.2, 0.25) is 0 Å². The number of halogens is 1. The smallest absolute Gasteiger partial charge is 0.222 e. The Morgan fingerprint density at radius 3 is 2.40 bits per heavy atom. The number of rotatable bonds is 7. The molecule has 4 nitrogen and oxygen atoms in total. The first-order chi connectivity index (χ1) is 6.87. The zero-order valence-corrected chi connectivity index (χ0v) is 10.8. The van der Waals surface area contributed by atoms with Crippen molar-refractivity contribution >= 4 is 27.3 Å². The van der Waals surface area contributed by atoms with Crippen molar-refractivity contribution in [2.75, 3.05) is 31.5 Å². The average molecular weight is 256 g/mol. The maximum Gasteiger partial charge on any atom is 0.222 e. The van der Waals surface area contributed by atoms with Crippen LogP contribution in [0.5, 0.6) is 0 Å². The van der Waals surface area contributed by atoms with Crippen molar-refractivity contribution in [2.45, 2.75) is 19.3 Å². The summed E-state index contributed by atoms with van der Waals surface area (Å²) in [5.74, 6) is 0.550. The predicted molar refractivity (Wildman–Crippen MR) is 61.9 cm³/mol. The van der Waals surface area contributed by atoms with Crippen molar-refractivity contribution in [1.29, 1.82) is 0 Å². The Hall–Kier alpha value is -0.290. The van der Waals surface area contributed by atoms with E-state index in [-0.39, 0.29) is 18.2 Å². The zero-order valence-electron chi connectivity index (χ0n) is 9.20. The van der Waals surface area contributed by atoms with E-state index >= 15 is 0 Å². The molecule has 0 aliphatic heterocycles. The minimum absolute atomic E-state index is 0.0186. The highest BCUT2D eigenvalue weighted by Crippen LogP contribution is 2.01. The average Bonchev–Trinajstić information content (AvgIpc) is 2.13. The number of hydrogen-bond acceptors (Lipinski definition) is 3. The number of amides is 1. The molecule has 0 aromatic rings. The molecule has 6 heteroatoms. The van der Waals surface area contributed by atoms with Gasteiger partial charge in [0.15, 0.2) is 0 Å². The largest absolute Gasteiger partial charge is 0.345 e. The normalized spacial score (nSPS) is 11.4. The maximum atomic E-state index is 11.4. The lowest BCUT2D eigenvalue weighted by atomic mass is 10.2. The summed E-state index contributed by atoms with van der Waals surface area (Å²) in [6.07, 6.45) is 3.17. The molecule has 0 bridgehead atoms. The summed E-state index contributed by atoms with van der Waals surface area (Å²) in [6.45, 7) is 0.262. The van der Waals surface area contributed by atoms with Gasteiger partial charge in [0.25, 0.3) is 0 Å². The van der Waals surface area contributed by atoms with Crippen LogP contribution in [-0.2, 0) is 14.6 Å². The SMILES string of the molecule is CN(CCS(C)(=O)=O)C(=O)CCCCCl. The van der Waals surface area contributed by atoms with E-state index in [9.17, 15) is 13.2 Å². The molecule has 0 N–H and O–H groups in total. The van der Waals surface area contributed by atoms with Gasteiger partial charge < -0.3 is 4.90 Å². The molecule has 1 amide bonds. The molecule has 90 valence electrons. The first-order valence-electron chi connectivity index (χ1n) is 4.84. The Balaban J connectivity index is 3.79. The predicted octanol–water partition coefficient (Wildman–Crippen LogP) is 0.898. The molecule has 0 aliphatic carbocycles. The van der Waals surface area contributed by atoms with Crippen LogP contribution >= 0.6 is 11.6 Å². The number of carbonyl (C=O) groups excluding carboxylic acids is 1. The highest BCUT2D eigenvalue weighted by Gasteiger charge is 2.10. The second-order valence-electron chi connectivity index (χ2n) is 3.59. The summed E-state index contributed by atoms with van der Waals surface area (Å²) in [7, 11) is -1.37. The molecule has 0 rings (SSSR count). The van der Waals surface area contributed by atoms with Crippen LogP contribution in [0.4, 0.5) is 0 Å². The summed E-state index contributed by atoms with van der Waals surface area (Å²) in [6, 6.07) is 0. The third kappa shape index (κ3) is 8.69. The van der Waals surface area contributed by atoms with Crippen molar-refractivity contribution in [3.8, 4) is 0 Å². The lowest BCUT2D eigenvalue weighted by Crippen LogP contribution is -2.31. The van der Waals surface area contributed by atoms with Gasteiger partial charge in [-0.15, -0.1) is 11.6 Å². The molecule has 0 aromatic heterocycles. The van der Waals surface area contributed by atoms with Crippen LogP contribution in [0.25, 0.3) is 0 Å². The molecule has 0 saturated heterocycles. The first kappa shape index (κ1) is 14.7. The maximum absolute atomic E-state index is 11.4. The lowest BCUT2D eigenvalue weighted by molar-refractivity contribution is -0.129. The monoisotopic (exact) mass is 255 g/mol. The topological polar surface area (TPSA) is 54.5 Å². The second kappa shape index (κ2) is 7.06. The minimum Gasteiger partial charge on any atom is -0.345 e. The van der Waals surface area contributed by atoms with E-state index in [4.69, 9.17) is 11.6 Å². The van der Waals surface area contributed by atoms with Crippen LogP contribution in [0.3, 0.4) is 0 Å². The van der Waals surface area contributed by atoms with E-state index in [1.165, 1.54) is 11.2 Å². The van der Waals surface area contributed by atoms with E-state index in [1.807, 2.05) is 0 Å². The molecule has 0 fully saturated rings. The summed E-state index contributed by atoms with van der Waals surface area (Å²) in [5.41, 5.74) is 0. The summed E-state index contributed by atoms with van der Waals surface area (Å²) < 4.78 is 21.7. The standard InChI is InChI=1S/C9H18ClNO3S/c1-11(7-8-15(2,13)14)9(12)5-3-4-6-10/h3-8H2,1-2H3. The quantitative estimate of drug-likeness (QED) is 0.502. The molecule has 0 heterocycles. The fourth-order valence-corrected chi connectivity index (χ4v) is 1.78. The second-order valence-corrected chi connectivity index (χ2v) is 6.23. The third-order valence-corrected chi connectivity index (χ3v) is 3.19. The van der Waals surface area contributed by atoms with Crippen LogP contribution < -0.4 is 0 Å². The van der Waals surface area contributed by atoms with Crippen LogP contribution in [0, 0.1) is 0 Å². The lowest BCUT2D eigenvalue weighted by Gasteiger charge is -2.16. The number of unbranched alkanes of at least 4 members (excludes halogenated alkanes) is 1. The molecule has 15 heavy (non-hydrogen) atoms. The molecule has 0 saturated carbocycles. The molecule has 0 radical (unpaired) electrons. The van der Waals surface area contributed by atoms with E-state index in [1.54, 1.807) is 7.05 Å². The molecule has 0 aromatic carbocycles. The third-order valence-electron chi connectivity index (χ3n) is 2.00. The van der Waals surface area contributed by atoms with Gasteiger partial charge in [0.2, 0.25) is 5.91 Å². The molecule has 0 spiro atoms. The Labute approximate surface area is 96.5 Å². The number of hydrogen-bond donors (Lipinski definition) is 0. The highest BCUT2D eigenvalue weighted by atomic mass is 35.5. The van der Waals surface area contributed by atoms with Gasteiger partial charge >= 0.3 is 0 Å². The first-order valence-corrected chi connectivity index (χ1v) is 7.44. The van der Waals surface area contributed by atoms with E-state index in [0.29, 0.717) is 12.3 Å². The van der Waals surface area contributed by atoms with Crippen molar-refractivity contribution in [3.05, 3.63) is 0 Å². The Kier molecular flexibility index (Phi) is 6.92. The zero-order chi connectivity index (χ0) is 11.9. The van der Waals surface area contributed by atoms with E-state index < -0.39 is 9.84 Å². The van der Waals surface area contributed by atoms with Gasteiger partial charge in [-0.05, 0) is 12.8 Å². The molecular weight excluding hydrogens is 238 g/mol. The summed E-state index contributed by atoms with van der Waals surface area (Å²) >= 11 is 5.48. The van der Waals surface area contributed by atoms with Crippen LogP contribution in [0.15, 0.2) is 0 Å². The van der Waals surface area contributed by atoms with Gasteiger partial charge in [0.1, 0.15) is 9.84 Å². The Bertz CT molecular complexity index is 290. The van der Waals surface area contributed by atoms with Crippen LogP contribution in [0.1, 0.15) is 19.3 Å².